The summed E-state index contributed by atoms with van der Waals surface area (Å²) in [6.45, 7) is 8.34. The maximum atomic E-state index is 15.7. The molecule has 2 fully saturated rings. The molecular formula is C31H38F3N5O4S. The molecule has 0 saturated carbocycles. The van der Waals surface area contributed by atoms with Gasteiger partial charge in [0, 0.05) is 42.4 Å². The number of rotatable bonds is 9. The number of hydrogen-bond acceptors (Lipinski definition) is 9. The van der Waals surface area contributed by atoms with Gasteiger partial charge in [-0.25, -0.2) is 22.9 Å². The zero-order valence-electron chi connectivity index (χ0n) is 25.4. The van der Waals surface area contributed by atoms with Gasteiger partial charge < -0.3 is 15.2 Å². The molecule has 13 heteroatoms. The van der Waals surface area contributed by atoms with Crippen LogP contribution < -0.4 is 5.32 Å². The van der Waals surface area contributed by atoms with E-state index in [9.17, 15) is 19.1 Å². The average molecular weight is 634 g/mol. The first-order valence-corrected chi connectivity index (χ1v) is 15.6. The van der Waals surface area contributed by atoms with Crippen LogP contribution in [0.1, 0.15) is 56.3 Å². The number of fused-ring (bicyclic) bond motifs is 1. The van der Waals surface area contributed by atoms with Crippen molar-refractivity contribution in [3.05, 3.63) is 63.0 Å². The lowest BCUT2D eigenvalue weighted by Crippen LogP contribution is -2.56. The van der Waals surface area contributed by atoms with Crippen molar-refractivity contribution in [1.29, 1.82) is 0 Å². The van der Waals surface area contributed by atoms with Crippen LogP contribution in [0.5, 0.6) is 0 Å². The summed E-state index contributed by atoms with van der Waals surface area (Å²) in [7, 11) is 0. The third-order valence-corrected chi connectivity index (χ3v) is 10.2. The van der Waals surface area contributed by atoms with Crippen molar-refractivity contribution in [3.63, 3.8) is 0 Å². The number of benzene rings is 1. The molecule has 0 bridgehead atoms. The van der Waals surface area contributed by atoms with Crippen LogP contribution in [0.4, 0.5) is 13.2 Å². The Kier molecular flexibility index (Phi) is 8.94. The number of alkyl halides is 2. The number of nitrogens with one attached hydrogen (secondary N) is 1. The van der Waals surface area contributed by atoms with E-state index in [1.165, 1.54) is 17.4 Å². The van der Waals surface area contributed by atoms with Crippen LogP contribution in [0.2, 0.25) is 0 Å². The molecule has 0 spiro atoms. The number of piperidine rings is 1. The number of aromatic nitrogens is 1. The van der Waals surface area contributed by atoms with Gasteiger partial charge in [-0.1, -0.05) is 12.1 Å². The molecule has 5 rings (SSSR count). The van der Waals surface area contributed by atoms with Crippen LogP contribution in [0.3, 0.4) is 0 Å². The maximum Gasteiger partial charge on any atom is 0.338 e. The first-order chi connectivity index (χ1) is 20.8. The molecule has 2 saturated heterocycles. The van der Waals surface area contributed by atoms with Crippen LogP contribution in [0.25, 0.3) is 0 Å². The van der Waals surface area contributed by atoms with Crippen LogP contribution >= 0.6 is 11.3 Å². The molecule has 2 aromatic rings. The largest absolute Gasteiger partial charge is 0.481 e. The van der Waals surface area contributed by atoms with Crippen LogP contribution in [0.15, 0.2) is 46.0 Å². The van der Waals surface area contributed by atoms with Gasteiger partial charge >= 0.3 is 11.9 Å². The number of likely N-dealkylation sites (tertiary alicyclic amines) is 2. The van der Waals surface area contributed by atoms with Crippen molar-refractivity contribution in [1.82, 2.24) is 20.1 Å². The van der Waals surface area contributed by atoms with Gasteiger partial charge in [-0.15, -0.1) is 11.3 Å². The molecule has 0 radical (unpaired) electrons. The average Bonchev–Trinajstić information content (AvgIpc) is 3.60. The van der Waals surface area contributed by atoms with Gasteiger partial charge in [0.05, 0.1) is 30.1 Å². The third-order valence-electron chi connectivity index (χ3n) is 9.40. The number of nitrogens with zero attached hydrogens (tertiary/aromatic N) is 4. The summed E-state index contributed by atoms with van der Waals surface area (Å²) >= 11 is 1.33. The molecule has 4 heterocycles. The van der Waals surface area contributed by atoms with Gasteiger partial charge in [0.25, 0.3) is 5.92 Å². The number of halogens is 3. The Morgan fingerprint density at radius 3 is 2.73 bits per heavy atom. The summed E-state index contributed by atoms with van der Waals surface area (Å²) < 4.78 is 51.6. The lowest BCUT2D eigenvalue weighted by molar-refractivity contribution is -0.152. The number of carboxylic acids is 1. The summed E-state index contributed by atoms with van der Waals surface area (Å²) in [5, 5.41) is 15.2. The summed E-state index contributed by atoms with van der Waals surface area (Å²) in [6, 6.07) is 2.68. The fraction of sp³-hybridized carbons (Fsp3) is 0.548. The lowest BCUT2D eigenvalue weighted by atomic mass is 9.81. The van der Waals surface area contributed by atoms with Gasteiger partial charge in [0.1, 0.15) is 11.9 Å². The number of aliphatic imine (C=N–C) groups is 1. The predicted molar refractivity (Wildman–Crippen MR) is 160 cm³/mol. The van der Waals surface area contributed by atoms with E-state index in [0.717, 1.165) is 0 Å². The van der Waals surface area contributed by atoms with Crippen LogP contribution in [-0.2, 0) is 14.3 Å². The summed E-state index contributed by atoms with van der Waals surface area (Å²) in [4.78, 5) is 38.1. The van der Waals surface area contributed by atoms with E-state index in [-0.39, 0.29) is 25.3 Å². The SMILES string of the molecule is CCOC(=O)C1=C(CN2CC(F)(F)[C@H]3CN(C(C)C(C)(C)C(=O)O)CC[C@H]32)NC(c2nccs2)=N[C@H]1c1cccc(F)c1C. The Balaban J connectivity index is 1.51. The molecule has 238 valence electrons. The number of carbonyl (C=O) groups is 2. The topological polar surface area (TPSA) is 107 Å². The first kappa shape index (κ1) is 32.1. The van der Waals surface area contributed by atoms with Gasteiger partial charge in [-0.05, 0) is 64.8 Å². The molecule has 1 aromatic carbocycles. The number of carbonyl (C=O) groups excluding carboxylic acids is 1. The highest BCUT2D eigenvalue weighted by molar-refractivity contribution is 7.11. The zero-order chi connectivity index (χ0) is 32.0. The Bertz CT molecular complexity index is 1480. The first-order valence-electron chi connectivity index (χ1n) is 14.7. The molecule has 3 aliphatic heterocycles. The van der Waals surface area contributed by atoms with Gasteiger partial charge in [-0.2, -0.15) is 0 Å². The Morgan fingerprint density at radius 2 is 2.07 bits per heavy atom. The zero-order valence-corrected chi connectivity index (χ0v) is 26.3. The normalized spacial score (nSPS) is 24.8. The number of aliphatic carboxylic acids is 1. The van der Waals surface area contributed by atoms with Crippen molar-refractivity contribution in [2.45, 2.75) is 65.1 Å². The summed E-state index contributed by atoms with van der Waals surface area (Å²) in [6.07, 6.45) is 2.02. The van der Waals surface area contributed by atoms with Crippen molar-refractivity contribution in [2.75, 3.05) is 32.8 Å². The smallest absolute Gasteiger partial charge is 0.338 e. The molecule has 0 aliphatic carbocycles. The fourth-order valence-corrected chi connectivity index (χ4v) is 7.04. The predicted octanol–water partition coefficient (Wildman–Crippen LogP) is 4.64. The molecule has 9 nitrogen and oxygen atoms in total. The molecule has 1 aromatic heterocycles. The minimum absolute atomic E-state index is 0.0175. The lowest BCUT2D eigenvalue weighted by Gasteiger charge is -2.44. The Labute approximate surface area is 258 Å². The van der Waals surface area contributed by atoms with Gasteiger partial charge in [-0.3, -0.25) is 19.6 Å². The second-order valence-electron chi connectivity index (χ2n) is 12.2. The van der Waals surface area contributed by atoms with Crippen molar-refractivity contribution in [2.24, 2.45) is 16.3 Å². The molecule has 3 aliphatic rings. The van der Waals surface area contributed by atoms with Crippen molar-refractivity contribution < 1.29 is 32.6 Å². The van der Waals surface area contributed by atoms with Gasteiger partial charge in [0.2, 0.25) is 0 Å². The van der Waals surface area contributed by atoms with Gasteiger partial charge in [0.15, 0.2) is 10.8 Å². The van der Waals surface area contributed by atoms with Crippen LogP contribution in [-0.4, -0.2) is 88.5 Å². The monoisotopic (exact) mass is 633 g/mol. The Hall–Kier alpha value is -3.29. The van der Waals surface area contributed by atoms with Crippen molar-refractivity contribution in [3.8, 4) is 0 Å². The highest BCUT2D eigenvalue weighted by Gasteiger charge is 2.57. The van der Waals surface area contributed by atoms with E-state index in [1.54, 1.807) is 63.2 Å². The van der Waals surface area contributed by atoms with E-state index in [2.05, 4.69) is 10.3 Å². The third kappa shape index (κ3) is 5.89. The maximum absolute atomic E-state index is 15.7. The number of thiazole rings is 1. The van der Waals surface area contributed by atoms with E-state index in [4.69, 9.17) is 9.73 Å². The molecule has 0 amide bonds. The second-order valence-corrected chi connectivity index (χ2v) is 13.1. The van der Waals surface area contributed by atoms with E-state index >= 15 is 8.78 Å². The highest BCUT2D eigenvalue weighted by Crippen LogP contribution is 2.44. The Morgan fingerprint density at radius 1 is 1.32 bits per heavy atom. The van der Waals surface area contributed by atoms with E-state index in [1.807, 2.05) is 4.90 Å². The van der Waals surface area contributed by atoms with E-state index < -0.39 is 59.7 Å². The standard InChI is InChI=1S/C31H38F3N5O4S/c1-6-43-28(40)24-22(36-26(27-35-11-13-44-27)37-25(24)19-8-7-9-21(32)17(19)2)15-39-16-31(33,34)20-14-38(12-10-23(20)39)18(3)30(4,5)29(41)42/h7-9,11,13,18,20,23,25H,6,10,12,14-16H2,1-5H3,(H,36,37)(H,41,42)/t18?,20-,23+,25-/m0/s1. The van der Waals surface area contributed by atoms with E-state index in [0.29, 0.717) is 40.6 Å². The molecule has 44 heavy (non-hydrogen) atoms. The second kappa shape index (κ2) is 12.2. The highest BCUT2D eigenvalue weighted by atomic mass is 32.1. The summed E-state index contributed by atoms with van der Waals surface area (Å²) in [5.41, 5.74) is 0.176. The number of esters is 1. The number of amidine groups is 1. The molecular weight excluding hydrogens is 595 g/mol. The molecule has 4 atom stereocenters. The van der Waals surface area contributed by atoms with Crippen molar-refractivity contribution >= 4 is 29.1 Å². The number of hydrogen-bond donors (Lipinski definition) is 2. The molecule has 2 N–H and O–H groups in total. The minimum Gasteiger partial charge on any atom is -0.481 e. The number of carboxylic acid groups (broad SMARTS) is 1. The quantitative estimate of drug-likeness (QED) is 0.385. The number of ether oxygens (including phenoxy) is 1. The van der Waals surface area contributed by atoms with Crippen LogP contribution in [0, 0.1) is 24.1 Å². The molecule has 1 unspecified atom stereocenters. The summed E-state index contributed by atoms with van der Waals surface area (Å²) in [5.74, 6) is -5.79. The fourth-order valence-electron chi connectivity index (χ4n) is 6.45. The minimum atomic E-state index is -3.04.